The molecular weight excluding hydrogens is 383 g/mol. The second-order valence-electron chi connectivity index (χ2n) is 6.56. The summed E-state index contributed by atoms with van der Waals surface area (Å²) in [6.07, 6.45) is 1.34. The van der Waals surface area contributed by atoms with Crippen molar-refractivity contribution in [2.24, 2.45) is 0 Å². The summed E-state index contributed by atoms with van der Waals surface area (Å²) in [5, 5.41) is 0. The lowest BCUT2D eigenvalue weighted by molar-refractivity contribution is 0.305. The molecule has 4 rings (SSSR count). The van der Waals surface area contributed by atoms with Gasteiger partial charge < -0.3 is 20.9 Å². The number of ether oxygens (including phenoxy) is 2. The third-order valence-electron chi connectivity index (χ3n) is 4.35. The Kier molecular flexibility index (Phi) is 5.43. The lowest BCUT2D eigenvalue weighted by Crippen LogP contribution is -2.00. The number of benzene rings is 3. The Morgan fingerprint density at radius 1 is 0.833 bits per heavy atom. The fourth-order valence-corrected chi connectivity index (χ4v) is 2.93. The molecule has 6 nitrogen and oxygen atoms in total. The van der Waals surface area contributed by atoms with Gasteiger partial charge in [0.2, 0.25) is 5.88 Å². The largest absolute Gasteiger partial charge is 0.489 e. The molecule has 150 valence electrons. The van der Waals surface area contributed by atoms with Gasteiger partial charge >= 0.3 is 0 Å². The Hall–Kier alpha value is -4.13. The Labute approximate surface area is 172 Å². The highest BCUT2D eigenvalue weighted by Crippen LogP contribution is 2.36. The van der Waals surface area contributed by atoms with Crippen LogP contribution in [-0.4, -0.2) is 9.97 Å². The molecule has 0 aliphatic heterocycles. The van der Waals surface area contributed by atoms with E-state index in [1.54, 1.807) is 48.5 Å². The number of aromatic nitrogens is 2. The van der Waals surface area contributed by atoms with Gasteiger partial charge in [-0.25, -0.2) is 14.4 Å². The quantitative estimate of drug-likeness (QED) is 0.449. The standard InChI is InChI=1S/C23H19FN4O2/c24-17-4-1-3-15(11-17)13-29-19-9-7-16(8-10-19)21-22(26)27-14-28-23(21)30-20-6-2-5-18(25)12-20/h1-12,14H,13,25H2,(H2,26,27,28). The van der Waals surface area contributed by atoms with Crippen LogP contribution in [0.5, 0.6) is 17.4 Å². The maximum Gasteiger partial charge on any atom is 0.232 e. The highest BCUT2D eigenvalue weighted by molar-refractivity contribution is 5.78. The monoisotopic (exact) mass is 402 g/mol. The second kappa shape index (κ2) is 8.48. The fraction of sp³-hybridized carbons (Fsp3) is 0.0435. The van der Waals surface area contributed by atoms with Crippen LogP contribution in [0.4, 0.5) is 15.9 Å². The first-order valence-corrected chi connectivity index (χ1v) is 9.20. The Morgan fingerprint density at radius 2 is 1.63 bits per heavy atom. The summed E-state index contributed by atoms with van der Waals surface area (Å²) in [6.45, 7) is 0.261. The van der Waals surface area contributed by atoms with Crippen molar-refractivity contribution in [2.45, 2.75) is 6.61 Å². The number of nitrogens with zero attached hydrogens (tertiary/aromatic N) is 2. The molecule has 4 N–H and O–H groups in total. The van der Waals surface area contributed by atoms with Crippen molar-refractivity contribution in [3.63, 3.8) is 0 Å². The number of halogens is 1. The van der Waals surface area contributed by atoms with E-state index in [4.69, 9.17) is 20.9 Å². The number of hydrogen-bond acceptors (Lipinski definition) is 6. The van der Waals surface area contributed by atoms with Crippen molar-refractivity contribution in [1.82, 2.24) is 9.97 Å². The second-order valence-corrected chi connectivity index (χ2v) is 6.56. The number of nitrogen functional groups attached to an aromatic ring is 2. The van der Waals surface area contributed by atoms with Crippen molar-refractivity contribution < 1.29 is 13.9 Å². The van der Waals surface area contributed by atoms with Gasteiger partial charge in [-0.3, -0.25) is 0 Å². The molecule has 7 heteroatoms. The van der Waals surface area contributed by atoms with Crippen molar-refractivity contribution in [3.8, 4) is 28.5 Å². The predicted molar refractivity (Wildman–Crippen MR) is 114 cm³/mol. The lowest BCUT2D eigenvalue weighted by atomic mass is 10.1. The van der Waals surface area contributed by atoms with Crippen LogP contribution >= 0.6 is 0 Å². The van der Waals surface area contributed by atoms with Gasteiger partial charge in [-0.1, -0.05) is 30.3 Å². The highest BCUT2D eigenvalue weighted by Gasteiger charge is 2.14. The molecule has 0 atom stereocenters. The minimum Gasteiger partial charge on any atom is -0.489 e. The molecule has 0 radical (unpaired) electrons. The summed E-state index contributed by atoms with van der Waals surface area (Å²) >= 11 is 0. The molecule has 0 bridgehead atoms. The first-order chi connectivity index (χ1) is 14.6. The molecule has 0 saturated heterocycles. The summed E-state index contributed by atoms with van der Waals surface area (Å²) in [6, 6.07) is 20.6. The Morgan fingerprint density at radius 3 is 2.40 bits per heavy atom. The molecular formula is C23H19FN4O2. The van der Waals surface area contributed by atoms with E-state index in [0.29, 0.717) is 28.6 Å². The molecule has 0 fully saturated rings. The molecule has 0 aliphatic carbocycles. The smallest absolute Gasteiger partial charge is 0.232 e. The molecule has 0 saturated carbocycles. The van der Waals surface area contributed by atoms with E-state index in [-0.39, 0.29) is 18.2 Å². The SMILES string of the molecule is Nc1cccc(Oc2ncnc(N)c2-c2ccc(OCc3cccc(F)c3)cc2)c1. The van der Waals surface area contributed by atoms with Gasteiger partial charge in [0, 0.05) is 11.8 Å². The van der Waals surface area contributed by atoms with E-state index in [9.17, 15) is 4.39 Å². The average Bonchev–Trinajstić information content (AvgIpc) is 2.73. The molecule has 1 heterocycles. The van der Waals surface area contributed by atoms with E-state index in [2.05, 4.69) is 9.97 Å². The average molecular weight is 402 g/mol. The highest BCUT2D eigenvalue weighted by atomic mass is 19.1. The van der Waals surface area contributed by atoms with Crippen LogP contribution in [0, 0.1) is 5.82 Å². The minimum atomic E-state index is -0.293. The van der Waals surface area contributed by atoms with Crippen LogP contribution in [0.1, 0.15) is 5.56 Å². The zero-order chi connectivity index (χ0) is 20.9. The van der Waals surface area contributed by atoms with Gasteiger partial charge in [0.1, 0.15) is 36.1 Å². The van der Waals surface area contributed by atoms with Crippen LogP contribution < -0.4 is 20.9 Å². The summed E-state index contributed by atoms with van der Waals surface area (Å²) in [4.78, 5) is 8.30. The zero-order valence-corrected chi connectivity index (χ0v) is 16.0. The molecule has 1 aromatic heterocycles. The minimum absolute atomic E-state index is 0.261. The van der Waals surface area contributed by atoms with E-state index in [1.165, 1.54) is 18.5 Å². The third-order valence-corrected chi connectivity index (χ3v) is 4.35. The predicted octanol–water partition coefficient (Wildman–Crippen LogP) is 4.82. The first-order valence-electron chi connectivity index (χ1n) is 9.20. The van der Waals surface area contributed by atoms with Crippen molar-refractivity contribution in [1.29, 1.82) is 0 Å². The van der Waals surface area contributed by atoms with Crippen molar-refractivity contribution in [2.75, 3.05) is 11.5 Å². The topological polar surface area (TPSA) is 96.3 Å². The van der Waals surface area contributed by atoms with E-state index in [0.717, 1.165) is 11.1 Å². The number of hydrogen-bond donors (Lipinski definition) is 2. The normalized spacial score (nSPS) is 10.6. The van der Waals surface area contributed by atoms with E-state index in [1.807, 2.05) is 12.1 Å². The maximum absolute atomic E-state index is 13.3. The fourth-order valence-electron chi connectivity index (χ4n) is 2.93. The van der Waals surface area contributed by atoms with Gasteiger partial charge in [0.25, 0.3) is 0 Å². The van der Waals surface area contributed by atoms with E-state index < -0.39 is 0 Å². The van der Waals surface area contributed by atoms with Gasteiger partial charge in [0.05, 0.1) is 5.56 Å². The van der Waals surface area contributed by atoms with Crippen LogP contribution in [0.2, 0.25) is 0 Å². The van der Waals surface area contributed by atoms with Gasteiger partial charge in [-0.05, 0) is 47.5 Å². The van der Waals surface area contributed by atoms with Crippen molar-refractivity contribution in [3.05, 3.63) is 90.5 Å². The molecule has 4 aromatic rings. The molecule has 30 heavy (non-hydrogen) atoms. The van der Waals surface area contributed by atoms with Crippen LogP contribution in [0.15, 0.2) is 79.1 Å². The lowest BCUT2D eigenvalue weighted by Gasteiger charge is -2.13. The van der Waals surface area contributed by atoms with Crippen LogP contribution in [0.3, 0.4) is 0 Å². The number of anilines is 2. The Bertz CT molecular complexity index is 1170. The molecule has 3 aromatic carbocycles. The van der Waals surface area contributed by atoms with E-state index >= 15 is 0 Å². The summed E-state index contributed by atoms with van der Waals surface area (Å²) < 4.78 is 24.9. The van der Waals surface area contributed by atoms with Gasteiger partial charge in [-0.15, -0.1) is 0 Å². The summed E-state index contributed by atoms with van der Waals surface area (Å²) in [5.74, 6) is 1.50. The molecule has 0 amide bonds. The zero-order valence-electron chi connectivity index (χ0n) is 16.0. The summed E-state index contributed by atoms with van der Waals surface area (Å²) in [5.41, 5.74) is 14.6. The van der Waals surface area contributed by atoms with Gasteiger partial charge in [0.15, 0.2) is 0 Å². The molecule has 0 unspecified atom stereocenters. The molecule has 0 spiro atoms. The Balaban J connectivity index is 1.55. The third kappa shape index (κ3) is 4.47. The molecule has 0 aliphatic rings. The van der Waals surface area contributed by atoms with Crippen LogP contribution in [0.25, 0.3) is 11.1 Å². The number of nitrogens with two attached hydrogens (primary N) is 2. The first kappa shape index (κ1) is 19.2. The van der Waals surface area contributed by atoms with Gasteiger partial charge in [-0.2, -0.15) is 0 Å². The van der Waals surface area contributed by atoms with Crippen molar-refractivity contribution >= 4 is 11.5 Å². The number of rotatable bonds is 6. The maximum atomic E-state index is 13.3. The summed E-state index contributed by atoms with van der Waals surface area (Å²) in [7, 11) is 0. The van der Waals surface area contributed by atoms with Crippen LogP contribution in [-0.2, 0) is 6.61 Å².